The molecule has 7 heteroatoms. The first-order valence-electron chi connectivity index (χ1n) is 9.22. The Bertz CT molecular complexity index is 1100. The number of fused-ring (bicyclic) bond motifs is 3. The number of benzene rings is 3. The minimum atomic E-state index is -0.670. The van der Waals surface area contributed by atoms with Crippen LogP contribution in [-0.2, 0) is 9.47 Å². The van der Waals surface area contributed by atoms with Crippen LogP contribution in [0.3, 0.4) is 0 Å². The van der Waals surface area contributed by atoms with Gasteiger partial charge in [-0.15, -0.1) is 0 Å². The van der Waals surface area contributed by atoms with Crippen molar-refractivity contribution in [1.82, 2.24) is 0 Å². The number of halogens is 1. The lowest BCUT2D eigenvalue weighted by Gasteiger charge is -2.15. The molecule has 3 aromatic rings. The van der Waals surface area contributed by atoms with Crippen LogP contribution < -0.4 is 5.32 Å². The second-order valence-electron chi connectivity index (χ2n) is 6.80. The molecular formula is C23H18INO5. The third-order valence-corrected chi connectivity index (χ3v) is 6.19. The van der Waals surface area contributed by atoms with Crippen molar-refractivity contribution in [2.45, 2.75) is 5.92 Å². The summed E-state index contributed by atoms with van der Waals surface area (Å²) in [5.74, 6) is -0.804. The van der Waals surface area contributed by atoms with Gasteiger partial charge in [0, 0.05) is 5.92 Å². The maximum absolute atomic E-state index is 12.5. The molecule has 0 saturated heterocycles. The average Bonchev–Trinajstić information content (AvgIpc) is 3.08. The molecule has 0 heterocycles. The van der Waals surface area contributed by atoms with E-state index in [0.717, 1.165) is 22.3 Å². The van der Waals surface area contributed by atoms with Crippen LogP contribution >= 0.6 is 22.6 Å². The molecule has 0 aliphatic heterocycles. The lowest BCUT2D eigenvalue weighted by atomic mass is 9.98. The number of ether oxygens (including phenoxy) is 2. The first-order valence-corrected chi connectivity index (χ1v) is 10.3. The van der Waals surface area contributed by atoms with Gasteiger partial charge in [-0.05, 0) is 57.0 Å². The molecule has 30 heavy (non-hydrogen) atoms. The van der Waals surface area contributed by atoms with Crippen LogP contribution in [-0.4, -0.2) is 30.9 Å². The zero-order valence-electron chi connectivity index (χ0n) is 16.0. The number of esters is 1. The van der Waals surface area contributed by atoms with Crippen molar-refractivity contribution in [2.24, 2.45) is 0 Å². The fourth-order valence-corrected chi connectivity index (χ4v) is 4.13. The topological polar surface area (TPSA) is 84.9 Å². The Morgan fingerprint density at radius 2 is 1.63 bits per heavy atom. The minimum absolute atomic E-state index is 0.0583. The largest absolute Gasteiger partial charge is 0.507 e. The highest BCUT2D eigenvalue weighted by Crippen LogP contribution is 2.44. The Morgan fingerprint density at radius 3 is 2.23 bits per heavy atom. The van der Waals surface area contributed by atoms with Crippen LogP contribution in [0.25, 0.3) is 11.1 Å². The highest BCUT2D eigenvalue weighted by molar-refractivity contribution is 14.1. The summed E-state index contributed by atoms with van der Waals surface area (Å²) in [4.78, 5) is 24.2. The number of nitrogens with one attached hydrogen (secondary N) is 1. The molecule has 0 radical (unpaired) electrons. The summed E-state index contributed by atoms with van der Waals surface area (Å²) in [6, 6.07) is 18.9. The molecule has 1 aliphatic rings. The maximum Gasteiger partial charge on any atom is 0.411 e. The number of amides is 1. The van der Waals surface area contributed by atoms with E-state index in [2.05, 4.69) is 22.2 Å². The summed E-state index contributed by atoms with van der Waals surface area (Å²) in [6.07, 6.45) is -0.670. The summed E-state index contributed by atoms with van der Waals surface area (Å²) in [5.41, 5.74) is 4.93. The van der Waals surface area contributed by atoms with E-state index in [0.29, 0.717) is 3.57 Å². The van der Waals surface area contributed by atoms with Crippen molar-refractivity contribution in [3.05, 3.63) is 80.9 Å². The molecular weight excluding hydrogens is 497 g/mol. The van der Waals surface area contributed by atoms with Crippen molar-refractivity contribution in [3.8, 4) is 16.9 Å². The molecule has 0 bridgehead atoms. The lowest BCUT2D eigenvalue weighted by Crippen LogP contribution is -2.18. The number of carbonyl (C=O) groups is 2. The van der Waals surface area contributed by atoms with Gasteiger partial charge in [-0.25, -0.2) is 9.59 Å². The van der Waals surface area contributed by atoms with Crippen LogP contribution in [0.2, 0.25) is 0 Å². The molecule has 0 aromatic heterocycles. The van der Waals surface area contributed by atoms with E-state index in [1.165, 1.54) is 19.2 Å². The molecule has 0 unspecified atom stereocenters. The predicted molar refractivity (Wildman–Crippen MR) is 121 cm³/mol. The van der Waals surface area contributed by atoms with Gasteiger partial charge in [-0.1, -0.05) is 48.5 Å². The summed E-state index contributed by atoms with van der Waals surface area (Å²) in [6.45, 7) is 0.166. The molecule has 0 spiro atoms. The number of methoxy groups -OCH3 is 1. The average molecular weight is 515 g/mol. The smallest absolute Gasteiger partial charge is 0.411 e. The number of hydrogen-bond donors (Lipinski definition) is 2. The number of anilines is 1. The van der Waals surface area contributed by atoms with Gasteiger partial charge in [0.25, 0.3) is 0 Å². The third kappa shape index (κ3) is 3.72. The van der Waals surface area contributed by atoms with Crippen molar-refractivity contribution in [2.75, 3.05) is 19.0 Å². The fraction of sp³-hybridized carbons (Fsp3) is 0.130. The minimum Gasteiger partial charge on any atom is -0.507 e. The van der Waals surface area contributed by atoms with Crippen molar-refractivity contribution < 1.29 is 24.2 Å². The Kier molecular flexibility index (Phi) is 5.63. The van der Waals surface area contributed by atoms with Crippen molar-refractivity contribution >= 4 is 40.3 Å². The van der Waals surface area contributed by atoms with Gasteiger partial charge >= 0.3 is 12.1 Å². The SMILES string of the molecule is COC(=O)c1cc(O)c(I)c(NC(=O)OCC2c3ccccc3-c3ccccc32)c1. The zero-order chi connectivity index (χ0) is 21.3. The van der Waals surface area contributed by atoms with E-state index in [-0.39, 0.29) is 29.5 Å². The Hall–Kier alpha value is -3.07. The first-order chi connectivity index (χ1) is 14.5. The van der Waals surface area contributed by atoms with Gasteiger partial charge in [0.1, 0.15) is 12.4 Å². The monoisotopic (exact) mass is 515 g/mol. The van der Waals surface area contributed by atoms with Crippen molar-refractivity contribution in [3.63, 3.8) is 0 Å². The lowest BCUT2D eigenvalue weighted by molar-refractivity contribution is 0.0600. The number of carbonyl (C=O) groups excluding carboxylic acids is 2. The standard InChI is InChI=1S/C23H18INO5/c1-29-22(27)13-10-19(21(24)20(26)11-13)25-23(28)30-12-18-16-8-4-2-6-14(16)15-7-3-5-9-17(15)18/h2-11,18,26H,12H2,1H3,(H,25,28). The quantitative estimate of drug-likeness (QED) is 0.371. The second-order valence-corrected chi connectivity index (χ2v) is 7.88. The number of phenols is 1. The van der Waals surface area contributed by atoms with Crippen LogP contribution in [0, 0.1) is 3.57 Å². The van der Waals surface area contributed by atoms with Crippen LogP contribution in [0.1, 0.15) is 27.4 Å². The number of aromatic hydroxyl groups is 1. The Labute approximate surface area is 187 Å². The molecule has 0 atom stereocenters. The van der Waals surface area contributed by atoms with Gasteiger partial charge in [0.05, 0.1) is 21.9 Å². The third-order valence-electron chi connectivity index (χ3n) is 5.05. The molecule has 6 nitrogen and oxygen atoms in total. The summed E-state index contributed by atoms with van der Waals surface area (Å²) < 4.78 is 10.6. The summed E-state index contributed by atoms with van der Waals surface area (Å²) in [5, 5.41) is 12.7. The van der Waals surface area contributed by atoms with Gasteiger partial charge in [-0.3, -0.25) is 5.32 Å². The molecule has 1 aliphatic carbocycles. The van der Waals surface area contributed by atoms with Crippen LogP contribution in [0.4, 0.5) is 10.5 Å². The zero-order valence-corrected chi connectivity index (χ0v) is 18.2. The molecule has 0 fully saturated rings. The van der Waals surface area contributed by atoms with Crippen molar-refractivity contribution in [1.29, 1.82) is 0 Å². The summed E-state index contributed by atoms with van der Waals surface area (Å²) >= 11 is 1.89. The highest BCUT2D eigenvalue weighted by atomic mass is 127. The van der Waals surface area contributed by atoms with Gasteiger partial charge in [0.15, 0.2) is 0 Å². The molecule has 4 rings (SSSR count). The molecule has 0 saturated carbocycles. The second kappa shape index (κ2) is 8.35. The van der Waals surface area contributed by atoms with E-state index in [4.69, 9.17) is 4.74 Å². The van der Waals surface area contributed by atoms with Gasteiger partial charge < -0.3 is 14.6 Å². The first kappa shape index (κ1) is 20.2. The van der Waals surface area contributed by atoms with E-state index < -0.39 is 12.1 Å². The highest BCUT2D eigenvalue weighted by Gasteiger charge is 2.29. The van der Waals surface area contributed by atoms with E-state index in [1.54, 1.807) is 0 Å². The molecule has 1 amide bonds. The van der Waals surface area contributed by atoms with Gasteiger partial charge in [0.2, 0.25) is 0 Å². The molecule has 152 valence electrons. The number of rotatable bonds is 4. The van der Waals surface area contributed by atoms with E-state index >= 15 is 0 Å². The number of hydrogen-bond acceptors (Lipinski definition) is 5. The molecule has 2 N–H and O–H groups in total. The maximum atomic E-state index is 12.5. The van der Waals surface area contributed by atoms with Crippen LogP contribution in [0.15, 0.2) is 60.7 Å². The van der Waals surface area contributed by atoms with E-state index in [1.807, 2.05) is 59.0 Å². The summed E-state index contributed by atoms with van der Waals surface area (Å²) in [7, 11) is 1.25. The molecule has 3 aromatic carbocycles. The normalized spacial score (nSPS) is 12.1. The number of phenolic OH excluding ortho intramolecular Hbond substituents is 1. The van der Waals surface area contributed by atoms with Crippen LogP contribution in [0.5, 0.6) is 5.75 Å². The Morgan fingerprint density at radius 1 is 1.03 bits per heavy atom. The van der Waals surface area contributed by atoms with Gasteiger partial charge in [-0.2, -0.15) is 0 Å². The Balaban J connectivity index is 1.51. The predicted octanol–water partition coefficient (Wildman–Crippen LogP) is 5.14. The van der Waals surface area contributed by atoms with E-state index in [9.17, 15) is 14.7 Å². The fourth-order valence-electron chi connectivity index (χ4n) is 3.68.